The van der Waals surface area contributed by atoms with Crippen LogP contribution in [0.1, 0.15) is 16.6 Å². The van der Waals surface area contributed by atoms with Crippen LogP contribution in [0.3, 0.4) is 0 Å². The number of hydrogen-bond donors (Lipinski definition) is 2. The number of nitrogens with two attached hydrogens (primary N) is 1. The molecule has 3 N–H and O–H groups in total. The van der Waals surface area contributed by atoms with E-state index in [9.17, 15) is 4.79 Å². The maximum Gasteiger partial charge on any atom is 0.241 e. The normalized spacial score (nSPS) is 12.2. The Morgan fingerprint density at radius 2 is 1.86 bits per heavy atom. The van der Waals surface area contributed by atoms with E-state index in [1.807, 2.05) is 54.6 Å². The Labute approximate surface area is 126 Å². The summed E-state index contributed by atoms with van der Waals surface area (Å²) in [6, 6.07) is 16.6. The lowest BCUT2D eigenvalue weighted by atomic mass is 10.1. The fourth-order valence-electron chi connectivity index (χ4n) is 2.08. The van der Waals surface area contributed by atoms with Crippen molar-refractivity contribution in [2.24, 2.45) is 5.73 Å². The van der Waals surface area contributed by atoms with Crippen LogP contribution in [-0.2, 0) is 11.3 Å². The van der Waals surface area contributed by atoms with Gasteiger partial charge in [0.25, 0.3) is 0 Å². The van der Waals surface area contributed by atoms with E-state index in [4.69, 9.17) is 5.73 Å². The fourth-order valence-corrected chi connectivity index (χ4v) is 2.99. The second-order valence-corrected chi connectivity index (χ2v) is 5.80. The van der Waals surface area contributed by atoms with Crippen LogP contribution in [-0.4, -0.2) is 10.9 Å². The lowest BCUT2D eigenvalue weighted by Crippen LogP contribution is -2.33. The monoisotopic (exact) mass is 297 g/mol. The lowest BCUT2D eigenvalue weighted by molar-refractivity contribution is -0.122. The Hall–Kier alpha value is -2.24. The molecule has 1 aromatic heterocycles. The Morgan fingerprint density at radius 3 is 2.62 bits per heavy atom. The molecule has 3 rings (SSSR count). The van der Waals surface area contributed by atoms with Crippen LogP contribution < -0.4 is 11.1 Å². The van der Waals surface area contributed by atoms with Crippen LogP contribution >= 0.6 is 11.3 Å². The molecule has 4 nitrogen and oxygen atoms in total. The zero-order valence-corrected chi connectivity index (χ0v) is 12.1. The van der Waals surface area contributed by atoms with E-state index in [-0.39, 0.29) is 5.91 Å². The van der Waals surface area contributed by atoms with E-state index in [1.54, 1.807) is 11.3 Å². The van der Waals surface area contributed by atoms with Crippen molar-refractivity contribution >= 4 is 27.5 Å². The van der Waals surface area contributed by atoms with Gasteiger partial charge in [-0.2, -0.15) is 0 Å². The molecule has 0 radical (unpaired) electrons. The molecule has 21 heavy (non-hydrogen) atoms. The molecule has 0 saturated carbocycles. The summed E-state index contributed by atoms with van der Waals surface area (Å²) in [6.45, 7) is 0.402. The highest BCUT2D eigenvalue weighted by Crippen LogP contribution is 2.21. The molecule has 5 heteroatoms. The molecular weight excluding hydrogens is 282 g/mol. The Kier molecular flexibility index (Phi) is 3.94. The third kappa shape index (κ3) is 3.09. The van der Waals surface area contributed by atoms with Crippen molar-refractivity contribution in [3.05, 3.63) is 65.2 Å². The lowest BCUT2D eigenvalue weighted by Gasteiger charge is -2.11. The van der Waals surface area contributed by atoms with Gasteiger partial charge in [-0.1, -0.05) is 42.5 Å². The summed E-state index contributed by atoms with van der Waals surface area (Å²) >= 11 is 1.58. The summed E-state index contributed by atoms with van der Waals surface area (Å²) in [5, 5.41) is 3.72. The van der Waals surface area contributed by atoms with Crippen molar-refractivity contribution in [2.75, 3.05) is 0 Å². The van der Waals surface area contributed by atoms with Gasteiger partial charge >= 0.3 is 0 Å². The first-order valence-corrected chi connectivity index (χ1v) is 7.48. The number of thiazole rings is 1. The predicted molar refractivity (Wildman–Crippen MR) is 84.8 cm³/mol. The second kappa shape index (κ2) is 6.03. The number of rotatable bonds is 4. The van der Waals surface area contributed by atoms with Crippen molar-refractivity contribution in [3.63, 3.8) is 0 Å². The molecule has 0 aliphatic carbocycles. The standard InChI is InChI=1S/C16H15N3OS/c17-15(11-6-2-1-3-7-11)16(20)18-10-14-19-12-8-4-5-9-13(12)21-14/h1-9,15H,10,17H2,(H,18,20)/t15-/m0/s1. The average molecular weight is 297 g/mol. The van der Waals surface area contributed by atoms with Crippen molar-refractivity contribution < 1.29 is 4.79 Å². The molecule has 0 spiro atoms. The van der Waals surface area contributed by atoms with E-state index in [0.717, 1.165) is 20.8 Å². The van der Waals surface area contributed by atoms with Crippen molar-refractivity contribution in [1.29, 1.82) is 0 Å². The Morgan fingerprint density at radius 1 is 1.14 bits per heavy atom. The summed E-state index contributed by atoms with van der Waals surface area (Å²) in [6.07, 6.45) is 0. The van der Waals surface area contributed by atoms with E-state index < -0.39 is 6.04 Å². The number of aromatic nitrogens is 1. The van der Waals surface area contributed by atoms with Gasteiger partial charge in [0.05, 0.1) is 16.8 Å². The molecule has 0 aliphatic heterocycles. The van der Waals surface area contributed by atoms with E-state index in [2.05, 4.69) is 10.3 Å². The number of nitrogens with zero attached hydrogens (tertiary/aromatic N) is 1. The Balaban J connectivity index is 1.65. The van der Waals surface area contributed by atoms with Gasteiger partial charge in [0.2, 0.25) is 5.91 Å². The zero-order chi connectivity index (χ0) is 14.7. The first-order chi connectivity index (χ1) is 10.2. The van der Waals surface area contributed by atoms with Crippen LogP contribution in [0, 0.1) is 0 Å². The highest BCUT2D eigenvalue weighted by atomic mass is 32.1. The number of fused-ring (bicyclic) bond motifs is 1. The summed E-state index contributed by atoms with van der Waals surface area (Å²) in [5.74, 6) is -0.194. The van der Waals surface area contributed by atoms with Gasteiger partial charge < -0.3 is 11.1 Å². The van der Waals surface area contributed by atoms with Crippen LogP contribution in [0.4, 0.5) is 0 Å². The summed E-state index contributed by atoms with van der Waals surface area (Å²) in [4.78, 5) is 16.6. The molecule has 0 saturated heterocycles. The largest absolute Gasteiger partial charge is 0.348 e. The number of benzene rings is 2. The average Bonchev–Trinajstić information content (AvgIpc) is 2.95. The molecule has 2 aromatic carbocycles. The summed E-state index contributed by atoms with van der Waals surface area (Å²) < 4.78 is 1.12. The number of hydrogen-bond acceptors (Lipinski definition) is 4. The number of amides is 1. The van der Waals surface area contributed by atoms with Crippen molar-refractivity contribution in [3.8, 4) is 0 Å². The minimum atomic E-state index is -0.652. The van der Waals surface area contributed by atoms with E-state index in [1.165, 1.54) is 0 Å². The zero-order valence-electron chi connectivity index (χ0n) is 11.3. The molecule has 0 aliphatic rings. The summed E-state index contributed by atoms with van der Waals surface area (Å²) in [7, 11) is 0. The smallest absolute Gasteiger partial charge is 0.241 e. The first-order valence-electron chi connectivity index (χ1n) is 6.67. The van der Waals surface area contributed by atoms with Crippen LogP contribution in [0.5, 0.6) is 0 Å². The van der Waals surface area contributed by atoms with Gasteiger partial charge in [-0.05, 0) is 17.7 Å². The molecule has 1 amide bonds. The second-order valence-electron chi connectivity index (χ2n) is 4.68. The third-order valence-corrected chi connectivity index (χ3v) is 4.23. The highest BCUT2D eigenvalue weighted by Gasteiger charge is 2.15. The SMILES string of the molecule is N[C@H](C(=O)NCc1nc2ccccc2s1)c1ccccc1. The molecule has 1 heterocycles. The number of nitrogens with one attached hydrogen (secondary N) is 1. The van der Waals surface area contributed by atoms with Gasteiger partial charge in [-0.3, -0.25) is 4.79 Å². The third-order valence-electron chi connectivity index (χ3n) is 3.19. The topological polar surface area (TPSA) is 68.0 Å². The van der Waals surface area contributed by atoms with Crippen LogP contribution in [0.25, 0.3) is 10.2 Å². The predicted octanol–water partition coefficient (Wildman–Crippen LogP) is 2.61. The van der Waals surface area contributed by atoms with E-state index >= 15 is 0 Å². The quantitative estimate of drug-likeness (QED) is 0.778. The molecule has 1 atom stereocenters. The van der Waals surface area contributed by atoms with Crippen LogP contribution in [0.2, 0.25) is 0 Å². The van der Waals surface area contributed by atoms with Gasteiger partial charge in [0, 0.05) is 0 Å². The van der Waals surface area contributed by atoms with Gasteiger partial charge in [0.15, 0.2) is 0 Å². The maximum atomic E-state index is 12.1. The van der Waals surface area contributed by atoms with Crippen molar-refractivity contribution in [2.45, 2.75) is 12.6 Å². The molecule has 0 bridgehead atoms. The number of carbonyl (C=O) groups is 1. The Bertz CT molecular complexity index is 721. The van der Waals surface area contributed by atoms with E-state index in [0.29, 0.717) is 6.54 Å². The fraction of sp³-hybridized carbons (Fsp3) is 0.125. The van der Waals surface area contributed by atoms with Gasteiger partial charge in [0.1, 0.15) is 11.0 Å². The van der Waals surface area contributed by atoms with Crippen molar-refractivity contribution in [1.82, 2.24) is 10.3 Å². The highest BCUT2D eigenvalue weighted by molar-refractivity contribution is 7.18. The molecule has 106 valence electrons. The number of carbonyl (C=O) groups excluding carboxylic acids is 1. The molecule has 3 aromatic rings. The minimum Gasteiger partial charge on any atom is -0.348 e. The maximum absolute atomic E-state index is 12.1. The van der Waals surface area contributed by atoms with Crippen LogP contribution in [0.15, 0.2) is 54.6 Å². The van der Waals surface area contributed by atoms with Gasteiger partial charge in [-0.15, -0.1) is 11.3 Å². The first kappa shape index (κ1) is 13.7. The molecule has 0 fully saturated rings. The van der Waals surface area contributed by atoms with Gasteiger partial charge in [-0.25, -0.2) is 4.98 Å². The summed E-state index contributed by atoms with van der Waals surface area (Å²) in [5.41, 5.74) is 7.71. The molecule has 0 unspecified atom stereocenters. The number of para-hydroxylation sites is 1. The molecular formula is C16H15N3OS. The minimum absolute atomic E-state index is 0.194.